The summed E-state index contributed by atoms with van der Waals surface area (Å²) in [5.74, 6) is 1.91. The first-order valence-corrected chi connectivity index (χ1v) is 10.4. The van der Waals surface area contributed by atoms with E-state index in [0.29, 0.717) is 34.5 Å². The van der Waals surface area contributed by atoms with Crippen LogP contribution in [0.3, 0.4) is 0 Å². The molecule has 4 heterocycles. The fourth-order valence-corrected chi connectivity index (χ4v) is 4.89. The van der Waals surface area contributed by atoms with Crippen molar-refractivity contribution in [3.8, 4) is 11.6 Å². The Labute approximate surface area is 169 Å². The Morgan fingerprint density at radius 2 is 2.25 bits per heavy atom. The first kappa shape index (κ1) is 18.7. The van der Waals surface area contributed by atoms with Crippen LogP contribution < -0.4 is 5.56 Å². The number of aromatic amines is 1. The largest absolute Gasteiger partial charge is 0.461 e. The second kappa shape index (κ2) is 7.40. The molecule has 0 spiro atoms. The smallest absolute Gasteiger partial charge is 0.259 e. The van der Waals surface area contributed by atoms with E-state index >= 15 is 0 Å². The SMILES string of the molecule is C=CCn1c(S[C@@H](C)c2nc3sc(C)c(C)c3c(=O)[nH]2)nnc1-c1ccco1. The fourth-order valence-electron chi connectivity index (χ4n) is 2.94. The van der Waals surface area contributed by atoms with E-state index in [1.54, 1.807) is 23.7 Å². The van der Waals surface area contributed by atoms with Gasteiger partial charge in [0.15, 0.2) is 10.9 Å². The monoisotopic (exact) mass is 413 g/mol. The van der Waals surface area contributed by atoms with Crippen LogP contribution in [0.1, 0.15) is 28.4 Å². The predicted octanol–water partition coefficient (Wildman–Crippen LogP) is 4.49. The number of furan rings is 1. The van der Waals surface area contributed by atoms with E-state index in [1.807, 2.05) is 37.5 Å². The van der Waals surface area contributed by atoms with Crippen LogP contribution in [-0.4, -0.2) is 24.7 Å². The van der Waals surface area contributed by atoms with Gasteiger partial charge in [0.25, 0.3) is 5.56 Å². The van der Waals surface area contributed by atoms with Crippen molar-refractivity contribution in [3.63, 3.8) is 0 Å². The standard InChI is InChI=1S/C19H19N5O2S2/c1-5-8-24-16(13-7-6-9-26-13)22-23-19(24)28-12(4)15-20-17(25)14-10(2)11(3)27-18(14)21-15/h5-7,9,12H,1,8H2,2-4H3,(H,20,21,25)/t12-/m0/s1. The van der Waals surface area contributed by atoms with Gasteiger partial charge in [0.2, 0.25) is 5.82 Å². The van der Waals surface area contributed by atoms with Crippen LogP contribution in [0.4, 0.5) is 0 Å². The molecule has 4 aromatic rings. The minimum atomic E-state index is -0.114. The predicted molar refractivity (Wildman–Crippen MR) is 112 cm³/mol. The minimum Gasteiger partial charge on any atom is -0.461 e. The molecule has 9 heteroatoms. The summed E-state index contributed by atoms with van der Waals surface area (Å²) in [5.41, 5.74) is 0.896. The van der Waals surface area contributed by atoms with Crippen molar-refractivity contribution in [2.75, 3.05) is 0 Å². The molecule has 7 nitrogen and oxygen atoms in total. The molecular weight excluding hydrogens is 394 g/mol. The Hall–Kier alpha value is -2.65. The summed E-state index contributed by atoms with van der Waals surface area (Å²) >= 11 is 3.03. The Bertz CT molecular complexity index is 1200. The Morgan fingerprint density at radius 1 is 1.43 bits per heavy atom. The van der Waals surface area contributed by atoms with E-state index in [2.05, 4.69) is 21.8 Å². The van der Waals surface area contributed by atoms with Gasteiger partial charge in [-0.25, -0.2) is 4.98 Å². The van der Waals surface area contributed by atoms with E-state index < -0.39 is 0 Å². The highest BCUT2D eigenvalue weighted by Gasteiger charge is 2.21. The number of hydrogen-bond donors (Lipinski definition) is 1. The van der Waals surface area contributed by atoms with Gasteiger partial charge in [0.05, 0.1) is 16.9 Å². The lowest BCUT2D eigenvalue weighted by Crippen LogP contribution is -2.13. The maximum atomic E-state index is 12.6. The van der Waals surface area contributed by atoms with Gasteiger partial charge in [0.1, 0.15) is 10.7 Å². The lowest BCUT2D eigenvalue weighted by molar-refractivity contribution is 0.569. The van der Waals surface area contributed by atoms with Crippen molar-refractivity contribution in [1.29, 1.82) is 0 Å². The van der Waals surface area contributed by atoms with E-state index in [-0.39, 0.29) is 10.8 Å². The minimum absolute atomic E-state index is 0.0990. The lowest BCUT2D eigenvalue weighted by atomic mass is 10.2. The van der Waals surface area contributed by atoms with E-state index in [1.165, 1.54) is 11.8 Å². The van der Waals surface area contributed by atoms with Gasteiger partial charge in [-0.3, -0.25) is 9.36 Å². The number of aromatic nitrogens is 5. The number of thioether (sulfide) groups is 1. The van der Waals surface area contributed by atoms with Gasteiger partial charge in [-0.15, -0.1) is 28.1 Å². The van der Waals surface area contributed by atoms with Crippen LogP contribution in [0.5, 0.6) is 0 Å². The van der Waals surface area contributed by atoms with Crippen molar-refractivity contribution in [3.05, 3.63) is 57.7 Å². The maximum Gasteiger partial charge on any atom is 0.259 e. The van der Waals surface area contributed by atoms with Crippen LogP contribution in [0.15, 0.2) is 45.4 Å². The number of fused-ring (bicyclic) bond motifs is 1. The number of thiophene rings is 1. The molecule has 0 unspecified atom stereocenters. The molecule has 4 aromatic heterocycles. The topological polar surface area (TPSA) is 89.6 Å². The summed E-state index contributed by atoms with van der Waals surface area (Å²) in [6.45, 7) is 10.3. The number of nitrogens with one attached hydrogen (secondary N) is 1. The van der Waals surface area contributed by atoms with Gasteiger partial charge >= 0.3 is 0 Å². The van der Waals surface area contributed by atoms with Gasteiger partial charge in [-0.05, 0) is 38.5 Å². The van der Waals surface area contributed by atoms with E-state index in [4.69, 9.17) is 9.40 Å². The summed E-state index contributed by atoms with van der Waals surface area (Å²) in [7, 11) is 0. The molecule has 0 aromatic carbocycles. The molecule has 0 saturated heterocycles. The van der Waals surface area contributed by atoms with Gasteiger partial charge in [-0.1, -0.05) is 17.8 Å². The van der Waals surface area contributed by atoms with Crippen LogP contribution in [0.25, 0.3) is 21.8 Å². The van der Waals surface area contributed by atoms with Gasteiger partial charge in [-0.2, -0.15) is 0 Å². The Morgan fingerprint density at radius 3 is 2.96 bits per heavy atom. The van der Waals surface area contributed by atoms with E-state index in [9.17, 15) is 4.79 Å². The molecule has 0 bridgehead atoms. The third-order valence-corrected chi connectivity index (χ3v) is 6.69. The van der Waals surface area contributed by atoms with Crippen molar-refractivity contribution >= 4 is 33.3 Å². The molecule has 0 aliphatic carbocycles. The number of H-pyrrole nitrogens is 1. The first-order chi connectivity index (χ1) is 13.5. The molecule has 1 N–H and O–H groups in total. The normalized spacial score (nSPS) is 12.5. The van der Waals surface area contributed by atoms with Crippen molar-refractivity contribution in [2.24, 2.45) is 0 Å². The molecule has 0 radical (unpaired) electrons. The summed E-state index contributed by atoms with van der Waals surface area (Å²) in [5, 5.41) is 9.85. The van der Waals surface area contributed by atoms with E-state index in [0.717, 1.165) is 15.3 Å². The molecule has 1 atom stereocenters. The Kier molecular flexibility index (Phi) is 4.94. The maximum absolute atomic E-state index is 12.6. The molecular formula is C19H19N5O2S2. The molecule has 4 rings (SSSR count). The zero-order valence-electron chi connectivity index (χ0n) is 15.7. The number of allylic oxidation sites excluding steroid dienone is 1. The van der Waals surface area contributed by atoms with Crippen molar-refractivity contribution in [1.82, 2.24) is 24.7 Å². The zero-order valence-corrected chi connectivity index (χ0v) is 17.4. The highest BCUT2D eigenvalue weighted by atomic mass is 32.2. The van der Waals surface area contributed by atoms with Gasteiger partial charge in [0, 0.05) is 11.4 Å². The summed E-state index contributed by atoms with van der Waals surface area (Å²) in [6.07, 6.45) is 3.39. The Balaban J connectivity index is 1.69. The third-order valence-electron chi connectivity index (χ3n) is 4.49. The third kappa shape index (κ3) is 3.20. The number of rotatable bonds is 6. The average molecular weight is 414 g/mol. The van der Waals surface area contributed by atoms with Crippen LogP contribution in [-0.2, 0) is 6.54 Å². The highest BCUT2D eigenvalue weighted by Crippen LogP contribution is 2.35. The number of aryl methyl sites for hydroxylation is 2. The van der Waals surface area contributed by atoms with Gasteiger partial charge < -0.3 is 9.40 Å². The molecule has 0 fully saturated rings. The molecule has 144 valence electrons. The first-order valence-electron chi connectivity index (χ1n) is 8.74. The van der Waals surface area contributed by atoms with Crippen molar-refractivity contribution < 1.29 is 4.42 Å². The van der Waals surface area contributed by atoms with Crippen LogP contribution in [0.2, 0.25) is 0 Å². The number of nitrogens with zero attached hydrogens (tertiary/aromatic N) is 4. The van der Waals surface area contributed by atoms with Crippen LogP contribution in [0, 0.1) is 13.8 Å². The average Bonchev–Trinajstić information content (AvgIpc) is 3.37. The quantitative estimate of drug-likeness (QED) is 0.370. The molecule has 0 aliphatic heterocycles. The molecule has 0 aliphatic rings. The molecule has 0 saturated carbocycles. The molecule has 0 amide bonds. The summed E-state index contributed by atoms with van der Waals surface area (Å²) < 4.78 is 7.40. The highest BCUT2D eigenvalue weighted by molar-refractivity contribution is 7.99. The number of hydrogen-bond acceptors (Lipinski definition) is 7. The zero-order chi connectivity index (χ0) is 19.8. The summed E-state index contributed by atoms with van der Waals surface area (Å²) in [6, 6.07) is 3.66. The fraction of sp³-hybridized carbons (Fsp3) is 0.263. The second-order valence-corrected chi connectivity index (χ2v) is 8.87. The molecule has 28 heavy (non-hydrogen) atoms. The summed E-state index contributed by atoms with van der Waals surface area (Å²) in [4.78, 5) is 22.1. The lowest BCUT2D eigenvalue weighted by Gasteiger charge is -2.11. The van der Waals surface area contributed by atoms with Crippen molar-refractivity contribution in [2.45, 2.75) is 37.7 Å². The van der Waals surface area contributed by atoms with Crippen LogP contribution >= 0.6 is 23.1 Å². The second-order valence-electron chi connectivity index (χ2n) is 6.36.